The number of Topliss-reactive ketones (excluding diaryl/α,β-unsaturated/α-hetero) is 1. The highest BCUT2D eigenvalue weighted by atomic mass is 16.6. The molecule has 0 fully saturated rings. The van der Waals surface area contributed by atoms with Gasteiger partial charge in [0.15, 0.2) is 6.10 Å². The van der Waals surface area contributed by atoms with Gasteiger partial charge in [-0.25, -0.2) is 4.79 Å². The Balaban J connectivity index is 1.74. The number of esters is 1. The first-order valence-electron chi connectivity index (χ1n) is 9.59. The van der Waals surface area contributed by atoms with Crippen molar-refractivity contribution in [2.45, 2.75) is 33.8 Å². The van der Waals surface area contributed by atoms with Crippen molar-refractivity contribution >= 4 is 34.3 Å². The van der Waals surface area contributed by atoms with Gasteiger partial charge in [-0.1, -0.05) is 0 Å². The van der Waals surface area contributed by atoms with E-state index in [4.69, 9.17) is 13.9 Å². The summed E-state index contributed by atoms with van der Waals surface area (Å²) in [6, 6.07) is 11.7. The molecule has 1 N–H and O–H groups in total. The maximum atomic E-state index is 12.6. The molecule has 0 aliphatic heterocycles. The number of rotatable bonds is 7. The number of furan rings is 1. The molecule has 3 rings (SSSR count). The zero-order valence-corrected chi connectivity index (χ0v) is 17.3. The van der Waals surface area contributed by atoms with Gasteiger partial charge in [-0.15, -0.1) is 0 Å². The fourth-order valence-corrected chi connectivity index (χ4v) is 3.07. The van der Waals surface area contributed by atoms with Crippen LogP contribution in [0.3, 0.4) is 0 Å². The van der Waals surface area contributed by atoms with Gasteiger partial charge < -0.3 is 19.2 Å². The minimum atomic E-state index is -1.00. The third-order valence-electron chi connectivity index (χ3n) is 4.55. The van der Waals surface area contributed by atoms with E-state index in [0.29, 0.717) is 34.8 Å². The Bertz CT molecular complexity index is 1100. The zero-order chi connectivity index (χ0) is 21.8. The molecule has 1 aromatic heterocycles. The van der Waals surface area contributed by atoms with Gasteiger partial charge in [0.05, 0.1) is 6.61 Å². The lowest BCUT2D eigenvalue weighted by Crippen LogP contribution is -2.24. The van der Waals surface area contributed by atoms with Gasteiger partial charge >= 0.3 is 5.97 Å². The number of hydrogen-bond donors (Lipinski definition) is 1. The molecule has 0 aliphatic carbocycles. The molecule has 0 saturated carbocycles. The molecule has 0 saturated heterocycles. The summed E-state index contributed by atoms with van der Waals surface area (Å²) in [6.07, 6.45) is -1.00. The Kier molecular flexibility index (Phi) is 6.20. The summed E-state index contributed by atoms with van der Waals surface area (Å²) < 4.78 is 16.5. The van der Waals surface area contributed by atoms with Crippen molar-refractivity contribution in [1.82, 2.24) is 0 Å². The number of nitrogens with one attached hydrogen (secondary N) is 1. The molecule has 1 heterocycles. The molecule has 0 radical (unpaired) electrons. The number of benzene rings is 2. The van der Waals surface area contributed by atoms with Crippen molar-refractivity contribution in [3.8, 4) is 5.75 Å². The average molecular weight is 409 g/mol. The Morgan fingerprint density at radius 3 is 2.43 bits per heavy atom. The topological polar surface area (TPSA) is 94.8 Å². The van der Waals surface area contributed by atoms with E-state index >= 15 is 0 Å². The predicted octanol–water partition coefficient (Wildman–Crippen LogP) is 4.53. The molecule has 1 atom stereocenters. The number of fused-ring (bicyclic) bond motifs is 1. The maximum absolute atomic E-state index is 12.6. The van der Waals surface area contributed by atoms with Crippen molar-refractivity contribution in [3.05, 3.63) is 59.4 Å². The number of carbonyl (C=O) groups is 3. The van der Waals surface area contributed by atoms with Gasteiger partial charge in [0, 0.05) is 29.1 Å². The molecule has 0 spiro atoms. The highest BCUT2D eigenvalue weighted by molar-refractivity contribution is 6.02. The minimum absolute atomic E-state index is 0.0549. The molecular weight excluding hydrogens is 386 g/mol. The van der Waals surface area contributed by atoms with E-state index in [0.717, 1.165) is 5.39 Å². The summed E-state index contributed by atoms with van der Waals surface area (Å²) >= 11 is 0. The number of amides is 1. The molecule has 2 aromatic carbocycles. The second kappa shape index (κ2) is 8.82. The van der Waals surface area contributed by atoms with Crippen LogP contribution in [-0.2, 0) is 9.53 Å². The molecule has 0 unspecified atom stereocenters. The highest BCUT2D eigenvalue weighted by Crippen LogP contribution is 2.29. The number of ether oxygens (including phenoxy) is 2. The Hall–Kier alpha value is -3.61. The van der Waals surface area contributed by atoms with E-state index in [1.807, 2.05) is 6.92 Å². The van der Waals surface area contributed by atoms with Crippen molar-refractivity contribution in [3.63, 3.8) is 0 Å². The molecule has 0 bridgehead atoms. The van der Waals surface area contributed by atoms with E-state index < -0.39 is 12.1 Å². The SMILES string of the molecule is CCOc1ccc2oc(C(=O)O[C@@H](C)C(=O)c3ccc(NC(C)=O)cc3)c(C)c2c1. The van der Waals surface area contributed by atoms with E-state index in [-0.39, 0.29) is 17.5 Å². The second-order valence-corrected chi connectivity index (χ2v) is 6.82. The summed E-state index contributed by atoms with van der Waals surface area (Å²) in [7, 11) is 0. The van der Waals surface area contributed by atoms with Crippen LogP contribution in [0.15, 0.2) is 46.9 Å². The molecule has 1 amide bonds. The number of aryl methyl sites for hydroxylation is 1. The molecule has 7 heteroatoms. The van der Waals surface area contributed by atoms with Gasteiger partial charge in [-0.2, -0.15) is 0 Å². The lowest BCUT2D eigenvalue weighted by molar-refractivity contribution is -0.114. The van der Waals surface area contributed by atoms with Crippen LogP contribution >= 0.6 is 0 Å². The van der Waals surface area contributed by atoms with Crippen LogP contribution in [0, 0.1) is 6.92 Å². The Morgan fingerprint density at radius 2 is 1.80 bits per heavy atom. The number of ketones is 1. The van der Waals surface area contributed by atoms with Gasteiger partial charge in [0.25, 0.3) is 0 Å². The van der Waals surface area contributed by atoms with E-state index in [9.17, 15) is 14.4 Å². The van der Waals surface area contributed by atoms with Crippen LogP contribution in [0.2, 0.25) is 0 Å². The van der Waals surface area contributed by atoms with Gasteiger partial charge in [0.2, 0.25) is 17.5 Å². The van der Waals surface area contributed by atoms with Gasteiger partial charge in [0.1, 0.15) is 11.3 Å². The van der Waals surface area contributed by atoms with E-state index in [1.165, 1.54) is 13.8 Å². The Labute approximate surface area is 174 Å². The first kappa shape index (κ1) is 21.1. The average Bonchev–Trinajstić information content (AvgIpc) is 3.04. The van der Waals surface area contributed by atoms with Crippen LogP contribution in [-0.4, -0.2) is 30.4 Å². The quantitative estimate of drug-likeness (QED) is 0.455. The number of carbonyl (C=O) groups excluding carboxylic acids is 3. The summed E-state index contributed by atoms with van der Waals surface area (Å²) in [5, 5.41) is 3.38. The van der Waals surface area contributed by atoms with E-state index in [2.05, 4.69) is 5.32 Å². The molecule has 30 heavy (non-hydrogen) atoms. The number of anilines is 1. The van der Waals surface area contributed by atoms with Gasteiger partial charge in [-0.05, 0) is 63.2 Å². The minimum Gasteiger partial charge on any atom is -0.494 e. The van der Waals surface area contributed by atoms with Crippen molar-refractivity contribution in [2.75, 3.05) is 11.9 Å². The van der Waals surface area contributed by atoms with Crippen LogP contribution in [0.4, 0.5) is 5.69 Å². The summed E-state index contributed by atoms with van der Waals surface area (Å²) in [5.74, 6) is -0.534. The lowest BCUT2D eigenvalue weighted by atomic mass is 10.1. The lowest BCUT2D eigenvalue weighted by Gasteiger charge is -2.12. The monoisotopic (exact) mass is 409 g/mol. The van der Waals surface area contributed by atoms with E-state index in [1.54, 1.807) is 49.4 Å². The standard InChI is InChI=1S/C23H23NO6/c1-5-28-18-10-11-20-19(12-18)13(2)22(30-20)23(27)29-14(3)21(26)16-6-8-17(9-7-16)24-15(4)25/h6-12,14H,5H2,1-4H3,(H,24,25)/t14-/m0/s1. The predicted molar refractivity (Wildman–Crippen MR) is 112 cm³/mol. The third-order valence-corrected chi connectivity index (χ3v) is 4.55. The molecule has 7 nitrogen and oxygen atoms in total. The van der Waals surface area contributed by atoms with Crippen molar-refractivity contribution < 1.29 is 28.3 Å². The fourth-order valence-electron chi connectivity index (χ4n) is 3.07. The van der Waals surface area contributed by atoms with Crippen molar-refractivity contribution in [1.29, 1.82) is 0 Å². The van der Waals surface area contributed by atoms with Crippen molar-refractivity contribution in [2.24, 2.45) is 0 Å². The molecule has 3 aromatic rings. The first-order chi connectivity index (χ1) is 14.3. The molecule has 156 valence electrons. The van der Waals surface area contributed by atoms with Crippen LogP contribution in [0.5, 0.6) is 5.75 Å². The fraction of sp³-hybridized carbons (Fsp3) is 0.261. The molecule has 0 aliphatic rings. The normalized spacial score (nSPS) is 11.7. The summed E-state index contributed by atoms with van der Waals surface area (Å²) in [5.41, 5.74) is 2.10. The number of hydrogen-bond acceptors (Lipinski definition) is 6. The van der Waals surface area contributed by atoms with Crippen LogP contribution in [0.1, 0.15) is 47.2 Å². The smallest absolute Gasteiger partial charge is 0.375 e. The zero-order valence-electron chi connectivity index (χ0n) is 17.3. The molecular formula is C23H23NO6. The first-order valence-corrected chi connectivity index (χ1v) is 9.59. The van der Waals surface area contributed by atoms with Crippen LogP contribution in [0.25, 0.3) is 11.0 Å². The summed E-state index contributed by atoms with van der Waals surface area (Å²) in [6.45, 7) is 7.08. The Morgan fingerprint density at radius 1 is 1.10 bits per heavy atom. The summed E-state index contributed by atoms with van der Waals surface area (Å²) in [4.78, 5) is 36.3. The highest BCUT2D eigenvalue weighted by Gasteiger charge is 2.25. The largest absolute Gasteiger partial charge is 0.494 e. The van der Waals surface area contributed by atoms with Gasteiger partial charge in [-0.3, -0.25) is 9.59 Å². The second-order valence-electron chi connectivity index (χ2n) is 6.82. The van der Waals surface area contributed by atoms with Crippen LogP contribution < -0.4 is 10.1 Å². The third kappa shape index (κ3) is 4.51. The maximum Gasteiger partial charge on any atom is 0.375 e.